The molecule has 3 amide bonds. The topological polar surface area (TPSA) is 66.5 Å². The standard InChI is InChI=1S/C26H23IN2O3/c27-15-6-8-16(9-7-15)28-24(30)21(12-14-4-2-1-3-5-14)29-25(31)22-17-10-11-18(20-13-19(17)20)23(22)26(29)32/h1-11,17-23H,12-13H2,(H,28,30)/t17-,18-,19-,20-,21-,22+,23+/m0/s1. The van der Waals surface area contributed by atoms with Crippen molar-refractivity contribution >= 4 is 46.0 Å². The summed E-state index contributed by atoms with van der Waals surface area (Å²) in [4.78, 5) is 42.0. The van der Waals surface area contributed by atoms with Gasteiger partial charge < -0.3 is 5.32 Å². The predicted molar refractivity (Wildman–Crippen MR) is 128 cm³/mol. The number of rotatable bonds is 5. The molecule has 0 aromatic heterocycles. The van der Waals surface area contributed by atoms with E-state index in [1.165, 1.54) is 4.90 Å². The Morgan fingerprint density at radius 3 is 2.12 bits per heavy atom. The smallest absolute Gasteiger partial charge is 0.248 e. The lowest BCUT2D eigenvalue weighted by Crippen LogP contribution is -2.49. The Hall–Kier alpha value is -2.48. The van der Waals surface area contributed by atoms with Gasteiger partial charge in [-0.15, -0.1) is 0 Å². The molecule has 162 valence electrons. The molecule has 5 aliphatic rings. The van der Waals surface area contributed by atoms with Crippen LogP contribution >= 0.6 is 22.6 Å². The number of nitrogens with zero attached hydrogens (tertiary/aromatic N) is 1. The van der Waals surface area contributed by atoms with Crippen molar-refractivity contribution in [1.29, 1.82) is 0 Å². The van der Waals surface area contributed by atoms with E-state index in [4.69, 9.17) is 0 Å². The minimum absolute atomic E-state index is 0.146. The Morgan fingerprint density at radius 1 is 0.938 bits per heavy atom. The van der Waals surface area contributed by atoms with Gasteiger partial charge in [0.1, 0.15) is 6.04 Å². The van der Waals surface area contributed by atoms with Gasteiger partial charge in [0.15, 0.2) is 0 Å². The molecule has 0 unspecified atom stereocenters. The minimum atomic E-state index is -0.863. The second-order valence-electron chi connectivity index (χ2n) is 9.40. The van der Waals surface area contributed by atoms with E-state index in [1.807, 2.05) is 54.6 Å². The molecule has 7 atom stereocenters. The van der Waals surface area contributed by atoms with E-state index in [0.29, 0.717) is 23.9 Å². The summed E-state index contributed by atoms with van der Waals surface area (Å²) in [5.74, 6) is 0.123. The number of imide groups is 1. The second kappa shape index (κ2) is 7.54. The fourth-order valence-electron chi connectivity index (χ4n) is 6.18. The van der Waals surface area contributed by atoms with Gasteiger partial charge in [-0.05, 0) is 82.5 Å². The third-order valence-electron chi connectivity index (χ3n) is 7.69. The minimum Gasteiger partial charge on any atom is -0.324 e. The van der Waals surface area contributed by atoms with Crippen molar-refractivity contribution < 1.29 is 14.4 Å². The van der Waals surface area contributed by atoms with Crippen LogP contribution in [0.2, 0.25) is 0 Å². The fourth-order valence-corrected chi connectivity index (χ4v) is 6.54. The van der Waals surface area contributed by atoms with Crippen molar-refractivity contribution in [1.82, 2.24) is 4.90 Å². The number of hydrogen-bond donors (Lipinski definition) is 1. The lowest BCUT2D eigenvalue weighted by Gasteiger charge is -2.37. The second-order valence-corrected chi connectivity index (χ2v) is 10.6. The third kappa shape index (κ3) is 3.14. The molecule has 2 aromatic carbocycles. The molecule has 2 aromatic rings. The van der Waals surface area contributed by atoms with Crippen LogP contribution in [0.3, 0.4) is 0 Å². The van der Waals surface area contributed by atoms with Gasteiger partial charge in [0, 0.05) is 15.7 Å². The van der Waals surface area contributed by atoms with Gasteiger partial charge in [-0.25, -0.2) is 0 Å². The maximum atomic E-state index is 13.6. The highest BCUT2D eigenvalue weighted by atomic mass is 127. The van der Waals surface area contributed by atoms with Gasteiger partial charge in [0.25, 0.3) is 0 Å². The van der Waals surface area contributed by atoms with Crippen molar-refractivity contribution in [3.63, 3.8) is 0 Å². The molecule has 5 nitrogen and oxygen atoms in total. The zero-order chi connectivity index (χ0) is 22.0. The summed E-state index contributed by atoms with van der Waals surface area (Å²) < 4.78 is 1.07. The summed E-state index contributed by atoms with van der Waals surface area (Å²) in [6, 6.07) is 16.3. The molecule has 1 saturated heterocycles. The van der Waals surface area contributed by atoms with Crippen molar-refractivity contribution in [2.75, 3.05) is 5.32 Å². The summed E-state index contributed by atoms with van der Waals surface area (Å²) in [7, 11) is 0. The van der Waals surface area contributed by atoms with Crippen molar-refractivity contribution in [3.05, 3.63) is 75.9 Å². The Bertz CT molecular complexity index is 1090. The van der Waals surface area contributed by atoms with Gasteiger partial charge in [-0.3, -0.25) is 19.3 Å². The van der Waals surface area contributed by atoms with Crippen LogP contribution in [0.15, 0.2) is 66.7 Å². The maximum Gasteiger partial charge on any atom is 0.248 e. The molecular weight excluding hydrogens is 515 g/mol. The number of hydrogen-bond acceptors (Lipinski definition) is 3. The molecule has 1 aliphatic heterocycles. The number of likely N-dealkylation sites (tertiary alicyclic amines) is 1. The van der Waals surface area contributed by atoms with Gasteiger partial charge in [-0.2, -0.15) is 0 Å². The van der Waals surface area contributed by atoms with Crippen molar-refractivity contribution in [3.8, 4) is 0 Å². The first-order chi connectivity index (χ1) is 15.5. The highest BCUT2D eigenvalue weighted by molar-refractivity contribution is 14.1. The SMILES string of the molecule is O=C(Nc1ccc(I)cc1)[C@H](Cc1ccccc1)N1C(=O)[C@@H]2[C@H]3C=C[C@@H]([C@@H]4C[C@@H]34)[C@H]2C1=O. The molecule has 1 N–H and O–H groups in total. The maximum absolute atomic E-state index is 13.6. The number of carbonyl (C=O) groups is 3. The number of halogens is 1. The van der Waals surface area contributed by atoms with Gasteiger partial charge in [0.05, 0.1) is 11.8 Å². The van der Waals surface area contributed by atoms with Gasteiger partial charge in [0.2, 0.25) is 17.7 Å². The summed E-state index contributed by atoms with van der Waals surface area (Å²) >= 11 is 2.21. The largest absolute Gasteiger partial charge is 0.324 e. The first-order valence-electron chi connectivity index (χ1n) is 11.2. The molecule has 4 aliphatic carbocycles. The number of amides is 3. The zero-order valence-electron chi connectivity index (χ0n) is 17.4. The van der Waals surface area contributed by atoms with E-state index >= 15 is 0 Å². The molecule has 1 heterocycles. The molecule has 2 saturated carbocycles. The lowest BCUT2D eigenvalue weighted by molar-refractivity contribution is -0.146. The van der Waals surface area contributed by atoms with E-state index < -0.39 is 6.04 Å². The number of allylic oxidation sites excluding steroid dienone is 2. The van der Waals surface area contributed by atoms with Gasteiger partial charge in [-0.1, -0.05) is 42.5 Å². The first-order valence-corrected chi connectivity index (χ1v) is 12.3. The van der Waals surface area contributed by atoms with Crippen LogP contribution in [0.4, 0.5) is 5.69 Å². The van der Waals surface area contributed by atoms with Crippen LogP contribution < -0.4 is 5.32 Å². The molecule has 2 bridgehead atoms. The Labute approximate surface area is 200 Å². The number of anilines is 1. The summed E-state index contributed by atoms with van der Waals surface area (Å²) in [5, 5.41) is 2.94. The number of benzene rings is 2. The first kappa shape index (κ1) is 20.1. The van der Waals surface area contributed by atoms with Gasteiger partial charge >= 0.3 is 0 Å². The average Bonchev–Trinajstić information content (AvgIpc) is 3.58. The van der Waals surface area contributed by atoms with E-state index in [2.05, 4.69) is 40.1 Å². The van der Waals surface area contributed by atoms with Crippen LogP contribution in [0.1, 0.15) is 12.0 Å². The summed E-state index contributed by atoms with van der Waals surface area (Å²) in [6.45, 7) is 0. The normalized spacial score (nSPS) is 32.5. The molecule has 7 rings (SSSR count). The van der Waals surface area contributed by atoms with Crippen molar-refractivity contribution in [2.45, 2.75) is 18.9 Å². The molecule has 3 fully saturated rings. The van der Waals surface area contributed by atoms with Crippen LogP contribution in [0.25, 0.3) is 0 Å². The van der Waals surface area contributed by atoms with E-state index in [-0.39, 0.29) is 41.4 Å². The Balaban J connectivity index is 1.33. The third-order valence-corrected chi connectivity index (χ3v) is 8.41. The highest BCUT2D eigenvalue weighted by Gasteiger charge is 2.67. The quantitative estimate of drug-likeness (QED) is 0.357. The van der Waals surface area contributed by atoms with Crippen LogP contribution in [-0.2, 0) is 20.8 Å². The van der Waals surface area contributed by atoms with E-state index in [0.717, 1.165) is 15.6 Å². The van der Waals surface area contributed by atoms with Crippen LogP contribution in [0, 0.1) is 39.1 Å². The fraction of sp³-hybridized carbons (Fsp3) is 0.346. The Kier molecular flexibility index (Phi) is 4.75. The Morgan fingerprint density at radius 2 is 1.53 bits per heavy atom. The zero-order valence-corrected chi connectivity index (χ0v) is 19.5. The van der Waals surface area contributed by atoms with E-state index in [1.54, 1.807) is 0 Å². The number of carbonyl (C=O) groups excluding carboxylic acids is 3. The average molecular weight is 538 g/mol. The number of nitrogens with one attached hydrogen (secondary N) is 1. The molecular formula is C26H23IN2O3. The summed E-state index contributed by atoms with van der Waals surface area (Å²) in [6.07, 6.45) is 5.75. The highest BCUT2D eigenvalue weighted by Crippen LogP contribution is 2.65. The summed E-state index contributed by atoms with van der Waals surface area (Å²) in [5.41, 5.74) is 1.59. The molecule has 0 spiro atoms. The molecule has 32 heavy (non-hydrogen) atoms. The van der Waals surface area contributed by atoms with E-state index in [9.17, 15) is 14.4 Å². The molecule has 6 heteroatoms. The monoisotopic (exact) mass is 538 g/mol. The molecule has 0 radical (unpaired) electrons. The van der Waals surface area contributed by atoms with Crippen LogP contribution in [-0.4, -0.2) is 28.7 Å². The van der Waals surface area contributed by atoms with Crippen LogP contribution in [0.5, 0.6) is 0 Å². The predicted octanol–water partition coefficient (Wildman–Crippen LogP) is 3.89. The lowest BCUT2D eigenvalue weighted by atomic mass is 9.63. The van der Waals surface area contributed by atoms with Crippen molar-refractivity contribution in [2.24, 2.45) is 35.5 Å².